The molecular weight excluding hydrogens is 565 g/mol. The number of benzene rings is 8. The molecule has 0 radical (unpaired) electrons. The lowest BCUT2D eigenvalue weighted by Gasteiger charge is -2.37. The first-order chi connectivity index (χ1) is 33.9. The molecule has 0 heterocycles. The van der Waals surface area contributed by atoms with Crippen molar-refractivity contribution in [2.24, 2.45) is 0 Å². The van der Waals surface area contributed by atoms with Crippen LogP contribution in [0.1, 0.15) is 79.0 Å². The summed E-state index contributed by atoms with van der Waals surface area (Å²) in [5.74, 6) is 0. The fourth-order valence-corrected chi connectivity index (χ4v) is 6.77. The Hall–Kier alpha value is -5.46. The zero-order valence-electron chi connectivity index (χ0n) is 50.7. The SMILES string of the molecule is [2H]C1=c2c([2H])c([2H])c(-c3c([2H])c(-c4c([2H])c([2H])c([2H])c([2H])c4[2H])c([2H])c(-c4c([2H])c([2H])c5c([2H])c([2H])c6c([2H])c([2H])c([2H])c7c([2H])c([2H])c4c5c67)c3[2H])c3c2=C(c2c([2H])c([2H])c([2H])c([2H])c2C3(C)C)C([2H])C1[2H]. The second-order valence-corrected chi connectivity index (χ2v) is 11.8. The highest BCUT2D eigenvalue weighted by molar-refractivity contribution is 6.25. The predicted octanol–water partition coefficient (Wildman–Crippen LogP) is 11.0. The van der Waals surface area contributed by atoms with Crippen LogP contribution in [0.25, 0.3) is 77.3 Å². The summed E-state index contributed by atoms with van der Waals surface area (Å²) >= 11 is 0. The number of rotatable bonds is 3. The normalized spacial score (nSPS) is 25.8. The fraction of sp³-hybridized carbons (Fsp3) is 0.106. The zero-order chi connectivity index (χ0) is 53.9. The molecule has 0 saturated heterocycles. The molecular formula is C47H34. The molecule has 8 aromatic carbocycles. The van der Waals surface area contributed by atoms with E-state index in [-0.39, 0.29) is 43.5 Å². The monoisotopic (exact) mass is 624 g/mol. The molecule has 2 aliphatic rings. The van der Waals surface area contributed by atoms with Crippen LogP contribution < -0.4 is 10.4 Å². The molecule has 0 aliphatic heterocycles. The summed E-state index contributed by atoms with van der Waals surface area (Å²) in [5.41, 5.74) is -7.11. The molecule has 2 atom stereocenters. The minimum atomic E-state index is -1.81. The van der Waals surface area contributed by atoms with Crippen molar-refractivity contribution in [3.63, 3.8) is 0 Å². The maximum absolute atomic E-state index is 10.2. The molecule has 0 amide bonds. The first-order valence-corrected chi connectivity index (χ1v) is 14.7. The lowest BCUT2D eigenvalue weighted by atomic mass is 9.66. The van der Waals surface area contributed by atoms with E-state index in [1.165, 1.54) is 13.8 Å². The Morgan fingerprint density at radius 1 is 0.553 bits per heavy atom. The molecule has 47 heavy (non-hydrogen) atoms. The van der Waals surface area contributed by atoms with Crippen molar-refractivity contribution in [3.05, 3.63) is 166 Å². The van der Waals surface area contributed by atoms with Gasteiger partial charge in [0.1, 0.15) is 0 Å². The molecule has 8 aromatic rings. The molecule has 0 bridgehead atoms. The second kappa shape index (κ2) is 9.77. The highest BCUT2D eigenvalue weighted by Crippen LogP contribution is 2.45. The van der Waals surface area contributed by atoms with Gasteiger partial charge in [0.15, 0.2) is 0 Å². The van der Waals surface area contributed by atoms with Gasteiger partial charge in [-0.15, -0.1) is 0 Å². The maximum atomic E-state index is 10.2. The van der Waals surface area contributed by atoms with Crippen LogP contribution in [-0.4, -0.2) is 0 Å². The molecule has 0 saturated carbocycles. The molecule has 0 nitrogen and oxygen atoms in total. The van der Waals surface area contributed by atoms with Crippen molar-refractivity contribution in [3.8, 4) is 33.4 Å². The van der Waals surface area contributed by atoms with E-state index in [9.17, 15) is 15.1 Å². The molecule has 10 rings (SSSR count). The van der Waals surface area contributed by atoms with E-state index in [4.69, 9.17) is 20.6 Å². The Kier molecular flexibility index (Phi) is 2.42. The third-order valence-electron chi connectivity index (χ3n) is 8.83. The van der Waals surface area contributed by atoms with Crippen molar-refractivity contribution >= 4 is 43.9 Å². The fourth-order valence-electron chi connectivity index (χ4n) is 6.77. The summed E-state index contributed by atoms with van der Waals surface area (Å²) < 4.78 is 238. The average molecular weight is 625 g/mol. The summed E-state index contributed by atoms with van der Waals surface area (Å²) in [4.78, 5) is 0. The zero-order valence-corrected chi connectivity index (χ0v) is 24.7. The molecule has 222 valence electrons. The van der Waals surface area contributed by atoms with Crippen LogP contribution in [0.15, 0.2) is 139 Å². The van der Waals surface area contributed by atoms with Gasteiger partial charge in [-0.25, -0.2) is 0 Å². The van der Waals surface area contributed by atoms with Crippen molar-refractivity contribution in [1.29, 1.82) is 0 Å². The number of fused-ring (bicyclic) bond motifs is 2. The Bertz CT molecular complexity index is 4080. The first-order valence-electron chi connectivity index (χ1n) is 27.8. The molecule has 0 spiro atoms. The van der Waals surface area contributed by atoms with E-state index in [0.29, 0.717) is 0 Å². The smallest absolute Gasteiger partial charge is 0.0636 e. The molecule has 0 N–H and O–H groups in total. The maximum Gasteiger partial charge on any atom is 0.0636 e. The Morgan fingerprint density at radius 3 is 2.04 bits per heavy atom. The third-order valence-corrected chi connectivity index (χ3v) is 8.83. The van der Waals surface area contributed by atoms with Crippen molar-refractivity contribution in [2.45, 2.75) is 32.1 Å². The molecule has 0 aromatic heterocycles. The first kappa shape index (κ1) is 11.7. The molecule has 2 unspecified atom stereocenters. The van der Waals surface area contributed by atoms with E-state index >= 15 is 0 Å². The summed E-state index contributed by atoms with van der Waals surface area (Å²) in [6.45, 7) is 2.92. The van der Waals surface area contributed by atoms with Gasteiger partial charge in [0.05, 0.1) is 32.9 Å². The van der Waals surface area contributed by atoms with E-state index in [2.05, 4.69) is 0 Å². The van der Waals surface area contributed by atoms with Crippen LogP contribution in [0.4, 0.5) is 0 Å². The Labute approximate surface area is 311 Å². The van der Waals surface area contributed by atoms with Crippen LogP contribution in [0.2, 0.25) is 0 Å². The lowest BCUT2D eigenvalue weighted by Crippen LogP contribution is -2.43. The summed E-state index contributed by atoms with van der Waals surface area (Å²) in [6.07, 6.45) is -3.53. The van der Waals surface area contributed by atoms with Crippen LogP contribution >= 0.6 is 0 Å². The predicted molar refractivity (Wildman–Crippen MR) is 200 cm³/mol. The summed E-state index contributed by atoms with van der Waals surface area (Å²) in [7, 11) is 0. The standard InChI is InChI=1S/C47H34/c1-47(2)42-17-7-6-15-39(42)40-16-9-14-32-21-24-38(46(47)45(32)40)36-27-34(29-10-4-3-5-11-29)26-35(28-36)37-23-20-33-19-18-30-12-8-13-31-22-25-41(37)44(33)43(30)31/h3-8,10-15,17-28H,9,16H2,1-2H3/i3D,4D,5D,6D,7D,8D,9D,10D,11D,12D,13D,14D,15D,16D,17D,18D,19D,20D,21D,22D,23D,24D,25D,26D,27D,28D. The molecule has 2 aliphatic carbocycles. The minimum absolute atomic E-state index is 0.163. The van der Waals surface area contributed by atoms with E-state index in [0.717, 1.165) is 0 Å². The molecule has 0 heteroatoms. The van der Waals surface area contributed by atoms with Crippen LogP contribution in [0.5, 0.6) is 0 Å². The molecule has 0 fully saturated rings. The van der Waals surface area contributed by atoms with E-state index in [1.807, 2.05) is 0 Å². The van der Waals surface area contributed by atoms with Gasteiger partial charge >= 0.3 is 0 Å². The van der Waals surface area contributed by atoms with E-state index in [1.54, 1.807) is 0 Å². The van der Waals surface area contributed by atoms with Gasteiger partial charge < -0.3 is 0 Å². The topological polar surface area (TPSA) is 0 Å². The average Bonchev–Trinajstić information content (AvgIpc) is 3.33. The van der Waals surface area contributed by atoms with Gasteiger partial charge in [-0.3, -0.25) is 0 Å². The largest absolute Gasteiger partial charge is 0.0763 e. The van der Waals surface area contributed by atoms with Gasteiger partial charge in [-0.05, 0) is 129 Å². The van der Waals surface area contributed by atoms with Gasteiger partial charge in [0, 0.05) is 8.16 Å². The van der Waals surface area contributed by atoms with Gasteiger partial charge in [0.25, 0.3) is 0 Å². The van der Waals surface area contributed by atoms with Gasteiger partial charge in [-0.2, -0.15) is 0 Å². The van der Waals surface area contributed by atoms with Crippen molar-refractivity contribution < 1.29 is 35.6 Å². The van der Waals surface area contributed by atoms with Gasteiger partial charge in [0.2, 0.25) is 0 Å². The summed E-state index contributed by atoms with van der Waals surface area (Å²) in [5, 5.41) is -3.08. The van der Waals surface area contributed by atoms with Gasteiger partial charge in [-0.1, -0.05) is 141 Å². The van der Waals surface area contributed by atoms with E-state index < -0.39 is 218 Å². The summed E-state index contributed by atoms with van der Waals surface area (Å²) in [6, 6.07) is -19.7. The third kappa shape index (κ3) is 3.82. The highest BCUT2D eigenvalue weighted by atomic mass is 14.4. The lowest BCUT2D eigenvalue weighted by molar-refractivity contribution is 0.626. The van der Waals surface area contributed by atoms with Crippen LogP contribution in [-0.2, 0) is 5.41 Å². The quantitative estimate of drug-likeness (QED) is 0.172. The van der Waals surface area contributed by atoms with Crippen LogP contribution in [0, 0.1) is 0 Å². The Morgan fingerprint density at radius 2 is 1.21 bits per heavy atom. The Balaban J connectivity index is 1.54. The van der Waals surface area contributed by atoms with Crippen molar-refractivity contribution in [2.75, 3.05) is 0 Å². The second-order valence-electron chi connectivity index (χ2n) is 11.8. The minimum Gasteiger partial charge on any atom is -0.0763 e. The number of hydrogen-bond acceptors (Lipinski definition) is 0. The highest BCUT2D eigenvalue weighted by Gasteiger charge is 2.35. The number of hydrogen-bond donors (Lipinski definition) is 0. The van der Waals surface area contributed by atoms with Crippen LogP contribution in [0.3, 0.4) is 0 Å². The van der Waals surface area contributed by atoms with Crippen molar-refractivity contribution in [1.82, 2.24) is 0 Å².